The van der Waals surface area contributed by atoms with Gasteiger partial charge in [-0.15, -0.1) is 11.8 Å². The van der Waals surface area contributed by atoms with Crippen molar-refractivity contribution < 1.29 is 4.74 Å². The lowest BCUT2D eigenvalue weighted by atomic mass is 10.2. The standard InChI is InChI=1S/C19H20N2OS/c1-2-15-3-6-17(20-12-15)9-10-22-19-7-4-16(5-8-19)11-18-13-23-14-21-18/h3-8,11-12,14H,2,9-10,13H2,1H3/b18-11-. The molecule has 1 aliphatic heterocycles. The maximum Gasteiger partial charge on any atom is 0.119 e. The zero-order chi connectivity index (χ0) is 15.9. The second-order valence-electron chi connectivity index (χ2n) is 5.36. The molecule has 2 heterocycles. The van der Waals surface area contributed by atoms with Crippen molar-refractivity contribution in [2.24, 2.45) is 4.99 Å². The number of nitrogens with zero attached hydrogens (tertiary/aromatic N) is 2. The van der Waals surface area contributed by atoms with Crippen LogP contribution in [-0.2, 0) is 12.8 Å². The van der Waals surface area contributed by atoms with Crippen molar-refractivity contribution in [1.29, 1.82) is 0 Å². The first-order valence-electron chi connectivity index (χ1n) is 7.85. The molecule has 0 aliphatic carbocycles. The van der Waals surface area contributed by atoms with Gasteiger partial charge < -0.3 is 4.74 Å². The highest BCUT2D eigenvalue weighted by atomic mass is 32.2. The number of aromatic nitrogens is 1. The highest BCUT2D eigenvalue weighted by Crippen LogP contribution is 2.20. The van der Waals surface area contributed by atoms with Gasteiger partial charge in [-0.05, 0) is 41.8 Å². The Hall–Kier alpha value is -2.07. The van der Waals surface area contributed by atoms with Gasteiger partial charge in [0.15, 0.2) is 0 Å². The Bertz CT molecular complexity index is 690. The number of benzene rings is 1. The Morgan fingerprint density at radius 1 is 1.17 bits per heavy atom. The Kier molecular flexibility index (Phi) is 5.48. The van der Waals surface area contributed by atoms with Crippen molar-refractivity contribution in [2.45, 2.75) is 19.8 Å². The molecule has 0 saturated carbocycles. The lowest BCUT2D eigenvalue weighted by Gasteiger charge is -2.07. The number of aliphatic imine (C=N–C) groups is 1. The third-order valence-corrected chi connectivity index (χ3v) is 4.38. The van der Waals surface area contributed by atoms with Gasteiger partial charge in [-0.25, -0.2) is 0 Å². The van der Waals surface area contributed by atoms with E-state index in [0.29, 0.717) is 6.61 Å². The van der Waals surface area contributed by atoms with Crippen LogP contribution in [0.15, 0.2) is 53.3 Å². The summed E-state index contributed by atoms with van der Waals surface area (Å²) in [7, 11) is 0. The van der Waals surface area contributed by atoms with Crippen molar-refractivity contribution in [1.82, 2.24) is 4.98 Å². The number of rotatable bonds is 6. The van der Waals surface area contributed by atoms with Crippen molar-refractivity contribution in [2.75, 3.05) is 12.4 Å². The van der Waals surface area contributed by atoms with E-state index < -0.39 is 0 Å². The fourth-order valence-corrected chi connectivity index (χ4v) is 2.90. The molecule has 0 atom stereocenters. The maximum absolute atomic E-state index is 5.80. The van der Waals surface area contributed by atoms with Crippen LogP contribution in [0.25, 0.3) is 6.08 Å². The molecule has 118 valence electrons. The highest BCUT2D eigenvalue weighted by Gasteiger charge is 2.02. The van der Waals surface area contributed by atoms with Crippen LogP contribution in [0.2, 0.25) is 0 Å². The maximum atomic E-state index is 5.80. The summed E-state index contributed by atoms with van der Waals surface area (Å²) in [5.41, 5.74) is 6.50. The summed E-state index contributed by atoms with van der Waals surface area (Å²) in [6.07, 6.45) is 5.90. The SMILES string of the molecule is CCc1ccc(CCOc2ccc(/C=C3/CSC=N3)cc2)nc1. The molecule has 0 amide bonds. The minimum Gasteiger partial charge on any atom is -0.493 e. The molecule has 3 rings (SSSR count). The highest BCUT2D eigenvalue weighted by molar-refractivity contribution is 8.12. The van der Waals surface area contributed by atoms with Gasteiger partial charge in [0, 0.05) is 24.1 Å². The smallest absolute Gasteiger partial charge is 0.119 e. The summed E-state index contributed by atoms with van der Waals surface area (Å²) in [6, 6.07) is 12.4. The van der Waals surface area contributed by atoms with Crippen LogP contribution >= 0.6 is 11.8 Å². The quantitative estimate of drug-likeness (QED) is 0.791. The lowest BCUT2D eigenvalue weighted by Crippen LogP contribution is -2.03. The van der Waals surface area contributed by atoms with Crippen LogP contribution in [0.3, 0.4) is 0 Å². The molecule has 0 bridgehead atoms. The molecule has 1 aromatic heterocycles. The molecule has 23 heavy (non-hydrogen) atoms. The predicted octanol–water partition coefficient (Wildman–Crippen LogP) is 4.38. The summed E-state index contributed by atoms with van der Waals surface area (Å²) in [5.74, 6) is 1.85. The van der Waals surface area contributed by atoms with Gasteiger partial charge in [-0.1, -0.05) is 25.1 Å². The minimum atomic E-state index is 0.639. The Balaban J connectivity index is 1.50. The molecule has 4 heteroatoms. The molecule has 1 aromatic carbocycles. The van der Waals surface area contributed by atoms with Gasteiger partial charge in [0.05, 0.1) is 17.9 Å². The lowest BCUT2D eigenvalue weighted by molar-refractivity contribution is 0.320. The Morgan fingerprint density at radius 2 is 2.04 bits per heavy atom. The topological polar surface area (TPSA) is 34.5 Å². The Morgan fingerprint density at radius 3 is 2.70 bits per heavy atom. The zero-order valence-corrected chi connectivity index (χ0v) is 14.1. The van der Waals surface area contributed by atoms with Crippen LogP contribution in [0, 0.1) is 0 Å². The number of pyridine rings is 1. The van der Waals surface area contributed by atoms with Crippen LogP contribution in [0.4, 0.5) is 0 Å². The molecule has 0 N–H and O–H groups in total. The molecule has 0 fully saturated rings. The van der Waals surface area contributed by atoms with Crippen LogP contribution in [0.5, 0.6) is 5.75 Å². The summed E-state index contributed by atoms with van der Waals surface area (Å²) < 4.78 is 5.80. The van der Waals surface area contributed by atoms with Gasteiger partial charge in [0.1, 0.15) is 5.75 Å². The number of aryl methyl sites for hydroxylation is 1. The van der Waals surface area contributed by atoms with E-state index in [1.54, 1.807) is 11.8 Å². The van der Waals surface area contributed by atoms with Crippen LogP contribution in [0.1, 0.15) is 23.7 Å². The first-order chi connectivity index (χ1) is 11.3. The molecule has 0 radical (unpaired) electrons. The van der Waals surface area contributed by atoms with Gasteiger partial charge in [0.2, 0.25) is 0 Å². The largest absolute Gasteiger partial charge is 0.493 e. The van der Waals surface area contributed by atoms with Gasteiger partial charge in [-0.2, -0.15) is 0 Å². The van der Waals surface area contributed by atoms with Gasteiger partial charge >= 0.3 is 0 Å². The fourth-order valence-electron chi connectivity index (χ4n) is 2.28. The molecule has 0 saturated heterocycles. The van der Waals surface area contributed by atoms with E-state index in [9.17, 15) is 0 Å². The number of hydrogen-bond acceptors (Lipinski definition) is 4. The Labute approximate surface area is 141 Å². The molecule has 2 aromatic rings. The minimum absolute atomic E-state index is 0.639. The van der Waals surface area contributed by atoms with Crippen LogP contribution < -0.4 is 4.74 Å². The molecule has 3 nitrogen and oxygen atoms in total. The van der Waals surface area contributed by atoms with Gasteiger partial charge in [0.25, 0.3) is 0 Å². The first-order valence-corrected chi connectivity index (χ1v) is 8.90. The van der Waals surface area contributed by atoms with E-state index in [0.717, 1.165) is 41.3 Å². The normalized spacial score (nSPS) is 15.3. The first kappa shape index (κ1) is 15.8. The second kappa shape index (κ2) is 7.97. The fraction of sp³-hybridized carbons (Fsp3) is 0.263. The van der Waals surface area contributed by atoms with E-state index in [2.05, 4.69) is 47.2 Å². The third-order valence-electron chi connectivity index (χ3n) is 3.66. The van der Waals surface area contributed by atoms with E-state index in [1.807, 2.05) is 23.9 Å². The molecule has 0 spiro atoms. The summed E-state index contributed by atoms with van der Waals surface area (Å²) in [4.78, 5) is 8.76. The van der Waals surface area contributed by atoms with Gasteiger partial charge in [-0.3, -0.25) is 9.98 Å². The van der Waals surface area contributed by atoms with Crippen molar-refractivity contribution in [3.63, 3.8) is 0 Å². The third kappa shape index (κ3) is 4.70. The predicted molar refractivity (Wildman–Crippen MR) is 98.2 cm³/mol. The van der Waals surface area contributed by atoms with Crippen molar-refractivity contribution >= 4 is 23.4 Å². The molecule has 0 unspecified atom stereocenters. The summed E-state index contributed by atoms with van der Waals surface area (Å²) >= 11 is 1.73. The monoisotopic (exact) mass is 324 g/mol. The number of thioether (sulfide) groups is 1. The van der Waals surface area contributed by atoms with Crippen molar-refractivity contribution in [3.05, 3.63) is 65.1 Å². The van der Waals surface area contributed by atoms with E-state index >= 15 is 0 Å². The average Bonchev–Trinajstić information content (AvgIpc) is 3.10. The van der Waals surface area contributed by atoms with Crippen molar-refractivity contribution in [3.8, 4) is 5.75 Å². The molecular formula is C19H20N2OS. The average molecular weight is 324 g/mol. The summed E-state index contributed by atoms with van der Waals surface area (Å²) in [6.45, 7) is 2.77. The molecule has 1 aliphatic rings. The van der Waals surface area contributed by atoms with Crippen LogP contribution in [-0.4, -0.2) is 22.9 Å². The summed E-state index contributed by atoms with van der Waals surface area (Å²) in [5, 5.41) is 0. The van der Waals surface area contributed by atoms with E-state index in [4.69, 9.17) is 4.74 Å². The zero-order valence-electron chi connectivity index (χ0n) is 13.2. The van der Waals surface area contributed by atoms with E-state index in [-0.39, 0.29) is 0 Å². The second-order valence-corrected chi connectivity index (χ2v) is 6.19. The van der Waals surface area contributed by atoms with E-state index in [1.165, 1.54) is 5.56 Å². The number of hydrogen-bond donors (Lipinski definition) is 0. The molecular weight excluding hydrogens is 304 g/mol. The number of ether oxygens (including phenoxy) is 1.